The van der Waals surface area contributed by atoms with Crippen LogP contribution in [0.2, 0.25) is 0 Å². The molecule has 3 nitrogen and oxygen atoms in total. The van der Waals surface area contributed by atoms with Crippen LogP contribution < -0.4 is 4.74 Å². The van der Waals surface area contributed by atoms with E-state index in [4.69, 9.17) is 4.74 Å². The third-order valence-corrected chi connectivity index (χ3v) is 3.73. The van der Waals surface area contributed by atoms with Crippen LogP contribution in [-0.4, -0.2) is 9.97 Å². The number of benzene rings is 1. The van der Waals surface area contributed by atoms with Gasteiger partial charge in [0.1, 0.15) is 11.0 Å². The van der Waals surface area contributed by atoms with Crippen LogP contribution in [0.1, 0.15) is 0 Å². The van der Waals surface area contributed by atoms with E-state index in [1.165, 1.54) is 23.7 Å². The zero-order chi connectivity index (χ0) is 13.4. The molecule has 2 heterocycles. The molecule has 3 rings (SSSR count). The van der Waals surface area contributed by atoms with Gasteiger partial charge >= 0.3 is 0 Å². The molecule has 0 amide bonds. The van der Waals surface area contributed by atoms with Crippen LogP contribution in [0.5, 0.6) is 11.6 Å². The van der Waals surface area contributed by atoms with Gasteiger partial charge < -0.3 is 4.74 Å². The number of halogens is 3. The first-order valence-corrected chi connectivity index (χ1v) is 6.83. The number of rotatable bonds is 2. The Balaban J connectivity index is 2.08. The fourth-order valence-electron chi connectivity index (χ4n) is 1.55. The lowest BCUT2D eigenvalue weighted by atomic mass is 10.3. The number of thiophene rings is 1. The number of ether oxygens (including phenoxy) is 1. The van der Waals surface area contributed by atoms with Gasteiger partial charge in [0, 0.05) is 4.47 Å². The van der Waals surface area contributed by atoms with Crippen molar-refractivity contribution in [2.75, 3.05) is 0 Å². The molecular weight excluding hydrogens is 338 g/mol. The highest BCUT2D eigenvalue weighted by Gasteiger charge is 2.15. The van der Waals surface area contributed by atoms with E-state index in [2.05, 4.69) is 25.9 Å². The first-order chi connectivity index (χ1) is 9.15. The monoisotopic (exact) mass is 342 g/mol. The number of fused-ring (bicyclic) bond motifs is 1. The van der Waals surface area contributed by atoms with Crippen LogP contribution >= 0.6 is 27.3 Å². The van der Waals surface area contributed by atoms with Crippen LogP contribution in [0, 0.1) is 11.6 Å². The molecule has 1 aromatic carbocycles. The van der Waals surface area contributed by atoms with Gasteiger partial charge in [-0.15, -0.1) is 11.3 Å². The van der Waals surface area contributed by atoms with Gasteiger partial charge in [0.05, 0.1) is 5.52 Å². The van der Waals surface area contributed by atoms with Crippen molar-refractivity contribution in [1.29, 1.82) is 0 Å². The topological polar surface area (TPSA) is 35.0 Å². The Labute approximate surface area is 119 Å². The van der Waals surface area contributed by atoms with Crippen molar-refractivity contribution in [2.45, 2.75) is 0 Å². The fraction of sp³-hybridized carbons (Fsp3) is 0. The Morgan fingerprint density at radius 2 is 2.05 bits per heavy atom. The summed E-state index contributed by atoms with van der Waals surface area (Å²) in [6, 6.07) is 4.18. The standard InChI is InChI=1S/C12H5BrF2N2OS/c13-6-3-7(14)10(15)9(4-6)18-12-11-8(1-2-19-11)16-5-17-12/h1-5H. The average Bonchev–Trinajstić information content (AvgIpc) is 2.84. The van der Waals surface area contributed by atoms with Crippen molar-refractivity contribution in [2.24, 2.45) is 0 Å². The second-order valence-electron chi connectivity index (χ2n) is 3.62. The third kappa shape index (κ3) is 2.31. The Hall–Kier alpha value is -1.60. The minimum Gasteiger partial charge on any atom is -0.434 e. The molecule has 0 aliphatic rings. The van der Waals surface area contributed by atoms with Crippen molar-refractivity contribution in [3.8, 4) is 11.6 Å². The Morgan fingerprint density at radius 1 is 1.21 bits per heavy atom. The molecule has 0 N–H and O–H groups in total. The summed E-state index contributed by atoms with van der Waals surface area (Å²) in [7, 11) is 0. The molecule has 0 unspecified atom stereocenters. The fourth-order valence-corrected chi connectivity index (χ4v) is 2.73. The summed E-state index contributed by atoms with van der Waals surface area (Å²) in [6.45, 7) is 0. The van der Waals surface area contributed by atoms with Gasteiger partial charge in [0.2, 0.25) is 11.7 Å². The molecule has 0 aliphatic carbocycles. The van der Waals surface area contributed by atoms with E-state index >= 15 is 0 Å². The first-order valence-electron chi connectivity index (χ1n) is 5.16. The van der Waals surface area contributed by atoms with Crippen LogP contribution in [0.25, 0.3) is 10.2 Å². The summed E-state index contributed by atoms with van der Waals surface area (Å²) in [5.74, 6) is -2.05. The van der Waals surface area contributed by atoms with Gasteiger partial charge in [-0.3, -0.25) is 0 Å². The zero-order valence-corrected chi connectivity index (χ0v) is 11.6. The predicted octanol–water partition coefficient (Wildman–Crippen LogP) is 4.52. The lowest BCUT2D eigenvalue weighted by Gasteiger charge is -2.07. The Morgan fingerprint density at radius 3 is 2.89 bits per heavy atom. The summed E-state index contributed by atoms with van der Waals surface area (Å²) in [6.07, 6.45) is 1.32. The molecule has 96 valence electrons. The predicted molar refractivity (Wildman–Crippen MR) is 71.5 cm³/mol. The van der Waals surface area contributed by atoms with Crippen LogP contribution in [0.15, 0.2) is 34.4 Å². The summed E-state index contributed by atoms with van der Waals surface area (Å²) < 4.78 is 33.3. The van der Waals surface area contributed by atoms with Crippen molar-refractivity contribution in [1.82, 2.24) is 9.97 Å². The molecular formula is C12H5BrF2N2OS. The number of aromatic nitrogens is 2. The summed E-state index contributed by atoms with van der Waals surface area (Å²) in [5, 5.41) is 1.82. The SMILES string of the molecule is Fc1cc(Br)cc(Oc2ncnc3ccsc23)c1F. The maximum Gasteiger partial charge on any atom is 0.240 e. The van der Waals surface area contributed by atoms with E-state index in [0.717, 1.165) is 6.07 Å². The highest BCUT2D eigenvalue weighted by molar-refractivity contribution is 9.10. The summed E-state index contributed by atoms with van der Waals surface area (Å²) >= 11 is 4.46. The van der Waals surface area contributed by atoms with Gasteiger partial charge in [-0.1, -0.05) is 15.9 Å². The molecule has 2 aromatic heterocycles. The number of nitrogens with zero attached hydrogens (tertiary/aromatic N) is 2. The zero-order valence-electron chi connectivity index (χ0n) is 9.23. The maximum atomic E-state index is 13.6. The molecule has 0 fully saturated rings. The van der Waals surface area contributed by atoms with E-state index in [1.807, 2.05) is 5.38 Å². The second kappa shape index (κ2) is 4.82. The number of hydrogen-bond donors (Lipinski definition) is 0. The summed E-state index contributed by atoms with van der Waals surface area (Å²) in [5.41, 5.74) is 0.700. The smallest absolute Gasteiger partial charge is 0.240 e. The average molecular weight is 343 g/mol. The van der Waals surface area contributed by atoms with Gasteiger partial charge in [-0.2, -0.15) is 4.39 Å². The molecule has 0 saturated carbocycles. The molecule has 19 heavy (non-hydrogen) atoms. The van der Waals surface area contributed by atoms with Crippen LogP contribution in [0.3, 0.4) is 0 Å². The van der Waals surface area contributed by atoms with Crippen molar-refractivity contribution < 1.29 is 13.5 Å². The van der Waals surface area contributed by atoms with Crippen LogP contribution in [-0.2, 0) is 0 Å². The minimum atomic E-state index is -1.05. The van der Waals surface area contributed by atoms with Gasteiger partial charge in [0.25, 0.3) is 0 Å². The molecule has 0 atom stereocenters. The highest BCUT2D eigenvalue weighted by atomic mass is 79.9. The largest absolute Gasteiger partial charge is 0.434 e. The van der Waals surface area contributed by atoms with E-state index in [-0.39, 0.29) is 11.6 Å². The Bertz CT molecular complexity index is 763. The quantitative estimate of drug-likeness (QED) is 0.642. The van der Waals surface area contributed by atoms with Gasteiger partial charge in [0.15, 0.2) is 11.6 Å². The third-order valence-electron chi connectivity index (χ3n) is 2.38. The lowest BCUT2D eigenvalue weighted by Crippen LogP contribution is -1.94. The van der Waals surface area contributed by atoms with Crippen molar-refractivity contribution in [3.05, 3.63) is 46.0 Å². The second-order valence-corrected chi connectivity index (χ2v) is 5.45. The van der Waals surface area contributed by atoms with E-state index < -0.39 is 11.6 Å². The first kappa shape index (κ1) is 12.4. The molecule has 0 bridgehead atoms. The van der Waals surface area contributed by atoms with E-state index in [1.54, 1.807) is 6.07 Å². The van der Waals surface area contributed by atoms with E-state index in [0.29, 0.717) is 14.7 Å². The molecule has 7 heteroatoms. The molecule has 0 radical (unpaired) electrons. The minimum absolute atomic E-state index is 0.205. The van der Waals surface area contributed by atoms with Crippen molar-refractivity contribution >= 4 is 37.5 Å². The number of hydrogen-bond acceptors (Lipinski definition) is 4. The van der Waals surface area contributed by atoms with E-state index in [9.17, 15) is 8.78 Å². The lowest BCUT2D eigenvalue weighted by molar-refractivity contribution is 0.408. The molecule has 3 aromatic rings. The maximum absolute atomic E-state index is 13.6. The van der Waals surface area contributed by atoms with Gasteiger partial charge in [-0.25, -0.2) is 14.4 Å². The van der Waals surface area contributed by atoms with Crippen LogP contribution in [0.4, 0.5) is 8.78 Å². The summed E-state index contributed by atoms with van der Waals surface area (Å²) in [4.78, 5) is 7.99. The molecule has 0 spiro atoms. The highest BCUT2D eigenvalue weighted by Crippen LogP contribution is 2.33. The Kier molecular flexibility index (Phi) is 3.16. The molecule has 0 saturated heterocycles. The molecule has 0 aliphatic heterocycles. The van der Waals surface area contributed by atoms with Crippen molar-refractivity contribution in [3.63, 3.8) is 0 Å². The van der Waals surface area contributed by atoms with Gasteiger partial charge in [-0.05, 0) is 23.6 Å². The normalized spacial score (nSPS) is 10.9.